The predicted molar refractivity (Wildman–Crippen MR) is 72.7 cm³/mol. The lowest BCUT2D eigenvalue weighted by Gasteiger charge is -2.13. The van der Waals surface area contributed by atoms with Crippen LogP contribution in [-0.4, -0.2) is 40.7 Å². The van der Waals surface area contributed by atoms with Crippen molar-refractivity contribution < 1.29 is 22.7 Å². The summed E-state index contributed by atoms with van der Waals surface area (Å²) in [5.74, 6) is -0.134. The summed E-state index contributed by atoms with van der Waals surface area (Å²) in [5, 5.41) is 2.77. The summed E-state index contributed by atoms with van der Waals surface area (Å²) in [6.45, 7) is 1.04. The zero-order valence-corrected chi connectivity index (χ0v) is 12.3. The average molecular weight is 320 g/mol. The van der Waals surface area contributed by atoms with Crippen LogP contribution in [0.3, 0.4) is 0 Å². The second-order valence-electron chi connectivity index (χ2n) is 4.33. The van der Waals surface area contributed by atoms with Crippen LogP contribution in [0.15, 0.2) is 23.1 Å². The van der Waals surface area contributed by atoms with Crippen LogP contribution in [0.4, 0.5) is 0 Å². The number of methoxy groups -OCH3 is 1. The van der Waals surface area contributed by atoms with E-state index in [2.05, 4.69) is 5.32 Å². The molecule has 1 saturated heterocycles. The third kappa shape index (κ3) is 3.41. The van der Waals surface area contributed by atoms with E-state index >= 15 is 0 Å². The van der Waals surface area contributed by atoms with Crippen LogP contribution in [-0.2, 0) is 13.8 Å². The van der Waals surface area contributed by atoms with E-state index in [9.17, 15) is 13.2 Å². The number of ether oxygens (including phenoxy) is 2. The Bertz CT molecular complexity index is 610. The minimum atomic E-state index is -3.90. The van der Waals surface area contributed by atoms with Gasteiger partial charge in [0.2, 0.25) is 0 Å². The molecule has 110 valence electrons. The van der Waals surface area contributed by atoms with E-state index in [0.717, 1.165) is 6.42 Å². The van der Waals surface area contributed by atoms with Gasteiger partial charge in [-0.2, -0.15) is 0 Å². The van der Waals surface area contributed by atoms with Gasteiger partial charge in [-0.05, 0) is 24.6 Å². The van der Waals surface area contributed by atoms with E-state index in [-0.39, 0.29) is 22.3 Å². The molecule has 0 aliphatic carbocycles. The number of carbonyl (C=O) groups is 1. The third-order valence-corrected chi connectivity index (χ3v) is 4.31. The number of nitrogens with one attached hydrogen (secondary N) is 1. The van der Waals surface area contributed by atoms with Crippen LogP contribution in [0.1, 0.15) is 16.8 Å². The van der Waals surface area contributed by atoms with E-state index in [4.69, 9.17) is 20.2 Å². The van der Waals surface area contributed by atoms with Gasteiger partial charge in [-0.25, -0.2) is 8.42 Å². The summed E-state index contributed by atoms with van der Waals surface area (Å²) < 4.78 is 32.9. The van der Waals surface area contributed by atoms with Gasteiger partial charge in [-0.1, -0.05) is 0 Å². The number of carbonyl (C=O) groups excluding carboxylic acids is 1. The molecule has 2 rings (SSSR count). The summed E-state index contributed by atoms with van der Waals surface area (Å²) in [7, 11) is 2.78. The molecule has 1 aromatic carbocycles. The molecule has 0 spiro atoms. The predicted octanol–water partition coefficient (Wildman–Crippen LogP) is 1.14. The van der Waals surface area contributed by atoms with Crippen molar-refractivity contribution in [2.24, 2.45) is 0 Å². The largest absolute Gasteiger partial charge is 0.496 e. The van der Waals surface area contributed by atoms with Gasteiger partial charge in [0.25, 0.3) is 15.0 Å². The van der Waals surface area contributed by atoms with Gasteiger partial charge in [-0.3, -0.25) is 4.79 Å². The van der Waals surface area contributed by atoms with Crippen LogP contribution >= 0.6 is 10.7 Å². The van der Waals surface area contributed by atoms with E-state index in [0.29, 0.717) is 13.2 Å². The monoisotopic (exact) mass is 319 g/mol. The Morgan fingerprint density at radius 2 is 2.25 bits per heavy atom. The van der Waals surface area contributed by atoms with E-state index in [1.807, 2.05) is 0 Å². The number of hydrogen-bond acceptors (Lipinski definition) is 5. The number of halogens is 1. The van der Waals surface area contributed by atoms with Gasteiger partial charge in [-0.15, -0.1) is 0 Å². The summed E-state index contributed by atoms with van der Waals surface area (Å²) in [6, 6.07) is 3.81. The van der Waals surface area contributed by atoms with Gasteiger partial charge in [0.15, 0.2) is 0 Å². The second-order valence-corrected chi connectivity index (χ2v) is 6.90. The molecule has 1 amide bonds. The van der Waals surface area contributed by atoms with E-state index < -0.39 is 15.0 Å². The molecular formula is C12H14ClNO5S. The smallest absolute Gasteiger partial charge is 0.261 e. The highest BCUT2D eigenvalue weighted by atomic mass is 35.7. The minimum Gasteiger partial charge on any atom is -0.496 e. The van der Waals surface area contributed by atoms with Crippen LogP contribution in [0.2, 0.25) is 0 Å². The topological polar surface area (TPSA) is 81.7 Å². The number of hydrogen-bond donors (Lipinski definition) is 1. The lowest BCUT2D eigenvalue weighted by molar-refractivity contribution is 0.0926. The maximum atomic E-state index is 12.2. The van der Waals surface area contributed by atoms with Crippen molar-refractivity contribution in [3.8, 4) is 5.75 Å². The molecule has 1 aliphatic rings. The molecule has 1 N–H and O–H groups in total. The average Bonchev–Trinajstić information content (AvgIpc) is 2.89. The fourth-order valence-corrected chi connectivity index (χ4v) is 2.70. The highest BCUT2D eigenvalue weighted by Crippen LogP contribution is 2.24. The van der Waals surface area contributed by atoms with Gasteiger partial charge in [0, 0.05) is 17.3 Å². The van der Waals surface area contributed by atoms with Crippen LogP contribution in [0.25, 0.3) is 0 Å². The molecular weight excluding hydrogens is 306 g/mol. The Labute approximate surface area is 121 Å². The van der Waals surface area contributed by atoms with Crippen molar-refractivity contribution in [2.45, 2.75) is 17.4 Å². The molecule has 1 aliphatic heterocycles. The van der Waals surface area contributed by atoms with Gasteiger partial charge in [0.1, 0.15) is 5.75 Å². The van der Waals surface area contributed by atoms with Gasteiger partial charge >= 0.3 is 0 Å². The highest BCUT2D eigenvalue weighted by Gasteiger charge is 2.22. The molecule has 1 fully saturated rings. The molecule has 0 radical (unpaired) electrons. The fourth-order valence-electron chi connectivity index (χ4n) is 1.93. The summed E-state index contributed by atoms with van der Waals surface area (Å²) >= 11 is 0. The lowest BCUT2D eigenvalue weighted by Crippen LogP contribution is -2.35. The van der Waals surface area contributed by atoms with Crippen molar-refractivity contribution in [2.75, 3.05) is 20.3 Å². The molecule has 0 saturated carbocycles. The minimum absolute atomic E-state index is 0.0801. The highest BCUT2D eigenvalue weighted by molar-refractivity contribution is 8.13. The van der Waals surface area contributed by atoms with Gasteiger partial charge < -0.3 is 14.8 Å². The first-order chi connectivity index (χ1) is 9.41. The fraction of sp³-hybridized carbons (Fsp3) is 0.417. The quantitative estimate of drug-likeness (QED) is 0.842. The number of amides is 1. The van der Waals surface area contributed by atoms with Crippen molar-refractivity contribution in [1.82, 2.24) is 5.32 Å². The van der Waals surface area contributed by atoms with Crippen LogP contribution in [0.5, 0.6) is 5.75 Å². The molecule has 1 aromatic rings. The second kappa shape index (κ2) is 5.99. The van der Waals surface area contributed by atoms with Crippen molar-refractivity contribution in [3.63, 3.8) is 0 Å². The summed E-state index contributed by atoms with van der Waals surface area (Å²) in [6.07, 6.45) is 0.724. The van der Waals surface area contributed by atoms with Crippen molar-refractivity contribution in [3.05, 3.63) is 23.8 Å². The SMILES string of the molecule is COc1ccc(S(=O)(=O)Cl)cc1C(=O)NC1CCOC1. The Morgan fingerprint density at radius 1 is 1.50 bits per heavy atom. The first-order valence-electron chi connectivity index (χ1n) is 5.93. The van der Waals surface area contributed by atoms with Crippen molar-refractivity contribution >= 4 is 25.6 Å². The maximum Gasteiger partial charge on any atom is 0.261 e. The molecule has 1 heterocycles. The van der Waals surface area contributed by atoms with Crippen LogP contribution < -0.4 is 10.1 Å². The Kier molecular flexibility index (Phi) is 4.52. The molecule has 0 aromatic heterocycles. The molecule has 20 heavy (non-hydrogen) atoms. The van der Waals surface area contributed by atoms with E-state index in [1.54, 1.807) is 0 Å². The normalized spacial score (nSPS) is 18.8. The Balaban J connectivity index is 2.29. The van der Waals surface area contributed by atoms with Crippen LogP contribution in [0, 0.1) is 0 Å². The standard InChI is InChI=1S/C12H14ClNO5S/c1-18-11-3-2-9(20(13,16)17)6-10(11)12(15)14-8-4-5-19-7-8/h2-3,6,8H,4-5,7H2,1H3,(H,14,15). The van der Waals surface area contributed by atoms with Crippen molar-refractivity contribution in [1.29, 1.82) is 0 Å². The zero-order valence-electron chi connectivity index (χ0n) is 10.8. The summed E-state index contributed by atoms with van der Waals surface area (Å²) in [5.41, 5.74) is 0.126. The third-order valence-electron chi connectivity index (χ3n) is 2.96. The molecule has 1 atom stereocenters. The maximum absolute atomic E-state index is 12.2. The molecule has 0 bridgehead atoms. The first kappa shape index (κ1) is 15.1. The van der Waals surface area contributed by atoms with Gasteiger partial charge in [0.05, 0.1) is 30.2 Å². The Hall–Kier alpha value is -1.31. The first-order valence-corrected chi connectivity index (χ1v) is 8.24. The Morgan fingerprint density at radius 3 is 2.80 bits per heavy atom. The van der Waals surface area contributed by atoms with E-state index in [1.165, 1.54) is 25.3 Å². The lowest BCUT2D eigenvalue weighted by atomic mass is 10.1. The summed E-state index contributed by atoms with van der Waals surface area (Å²) in [4.78, 5) is 12.0. The molecule has 1 unspecified atom stereocenters. The number of rotatable bonds is 4. The number of benzene rings is 1. The zero-order chi connectivity index (χ0) is 14.8. The molecule has 8 heteroatoms. The molecule has 6 nitrogen and oxygen atoms in total.